The Hall–Kier alpha value is -2.54. The Balaban J connectivity index is 2.01. The average molecular weight is 397 g/mol. The Morgan fingerprint density at radius 1 is 1.14 bits per heavy atom. The smallest absolute Gasteiger partial charge is 0.192 e. The van der Waals surface area contributed by atoms with E-state index in [0.29, 0.717) is 17.9 Å². The molecule has 1 nitrogen and oxygen atoms in total. The summed E-state index contributed by atoms with van der Waals surface area (Å²) in [6.45, 7) is 5.95. The van der Waals surface area contributed by atoms with Gasteiger partial charge in [0.1, 0.15) is 0 Å². The molecule has 3 rings (SSSR count). The van der Waals surface area contributed by atoms with Crippen LogP contribution in [-0.2, 0) is 12.6 Å². The highest BCUT2D eigenvalue weighted by atomic mass is 19.4. The number of halogens is 3. The van der Waals surface area contributed by atoms with Crippen molar-refractivity contribution in [1.29, 1.82) is 5.26 Å². The first-order valence-corrected chi connectivity index (χ1v) is 10.2. The molecule has 0 N–H and O–H groups in total. The standard InChI is InChI=1S/C25H26F3N/c1-17(2)20-10-6-7-18(13-20)14-23(19-8-4-3-5-9-19)21-11-12-22(16-29)24(15-21)25(26,27)28/h6-7,10-13,15,19,23H,1,3-5,8-9,14H2,2H3. The Kier molecular flexibility index (Phi) is 6.47. The molecule has 2 aromatic rings. The Morgan fingerprint density at radius 2 is 1.86 bits per heavy atom. The van der Waals surface area contributed by atoms with Crippen LogP contribution in [0.1, 0.15) is 72.8 Å². The lowest BCUT2D eigenvalue weighted by molar-refractivity contribution is -0.137. The van der Waals surface area contributed by atoms with Crippen LogP contribution in [0.15, 0.2) is 49.0 Å². The van der Waals surface area contributed by atoms with Gasteiger partial charge in [0, 0.05) is 0 Å². The minimum absolute atomic E-state index is 0.00418. The summed E-state index contributed by atoms with van der Waals surface area (Å²) in [5.74, 6) is 0.357. The van der Waals surface area contributed by atoms with Gasteiger partial charge in [0.15, 0.2) is 0 Å². The normalized spacial score (nSPS) is 16.2. The van der Waals surface area contributed by atoms with Crippen LogP contribution in [0.4, 0.5) is 13.2 Å². The monoisotopic (exact) mass is 397 g/mol. The summed E-state index contributed by atoms with van der Waals surface area (Å²) < 4.78 is 40.6. The third-order valence-electron chi connectivity index (χ3n) is 5.99. The molecule has 1 aliphatic carbocycles. The van der Waals surface area contributed by atoms with Crippen molar-refractivity contribution in [1.82, 2.24) is 0 Å². The van der Waals surface area contributed by atoms with E-state index >= 15 is 0 Å². The lowest BCUT2D eigenvalue weighted by Crippen LogP contribution is -2.20. The van der Waals surface area contributed by atoms with Crippen molar-refractivity contribution in [2.45, 2.75) is 57.5 Å². The maximum Gasteiger partial charge on any atom is 0.417 e. The predicted octanol–water partition coefficient (Wildman–Crippen LogP) is 7.52. The maximum absolute atomic E-state index is 13.5. The van der Waals surface area contributed by atoms with Crippen LogP contribution in [0.5, 0.6) is 0 Å². The number of hydrogen-bond donors (Lipinski definition) is 0. The molecular weight excluding hydrogens is 371 g/mol. The van der Waals surface area contributed by atoms with E-state index in [1.54, 1.807) is 12.1 Å². The number of nitriles is 1. The summed E-state index contributed by atoms with van der Waals surface area (Å²) in [5, 5.41) is 9.12. The molecule has 0 heterocycles. The van der Waals surface area contributed by atoms with E-state index < -0.39 is 11.7 Å². The molecule has 0 aromatic heterocycles. The molecule has 0 bridgehead atoms. The van der Waals surface area contributed by atoms with Gasteiger partial charge in [-0.3, -0.25) is 0 Å². The van der Waals surface area contributed by atoms with Crippen molar-refractivity contribution in [3.05, 3.63) is 76.9 Å². The predicted molar refractivity (Wildman–Crippen MR) is 110 cm³/mol. The molecule has 29 heavy (non-hydrogen) atoms. The van der Waals surface area contributed by atoms with Crippen molar-refractivity contribution in [2.75, 3.05) is 0 Å². The fourth-order valence-electron chi connectivity index (χ4n) is 4.44. The topological polar surface area (TPSA) is 23.8 Å². The quantitative estimate of drug-likeness (QED) is 0.512. The van der Waals surface area contributed by atoms with E-state index in [1.807, 2.05) is 25.1 Å². The van der Waals surface area contributed by atoms with Gasteiger partial charge in [0.2, 0.25) is 0 Å². The summed E-state index contributed by atoms with van der Waals surface area (Å²) in [4.78, 5) is 0. The first kappa shape index (κ1) is 21.2. The highest BCUT2D eigenvalue weighted by molar-refractivity contribution is 5.61. The fraction of sp³-hybridized carbons (Fsp3) is 0.400. The SMILES string of the molecule is C=C(C)c1cccc(CC(c2ccc(C#N)c(C(F)(F)F)c2)C2CCCCC2)c1. The van der Waals surface area contributed by atoms with Crippen molar-refractivity contribution in [3.8, 4) is 6.07 Å². The molecule has 1 fully saturated rings. The van der Waals surface area contributed by atoms with E-state index in [4.69, 9.17) is 5.26 Å². The zero-order valence-electron chi connectivity index (χ0n) is 16.7. The van der Waals surface area contributed by atoms with Crippen molar-refractivity contribution >= 4 is 5.57 Å². The third-order valence-corrected chi connectivity index (χ3v) is 5.99. The summed E-state index contributed by atoms with van der Waals surface area (Å²) in [6.07, 6.45) is 1.66. The average Bonchev–Trinajstić information content (AvgIpc) is 2.72. The van der Waals surface area contributed by atoms with Gasteiger partial charge >= 0.3 is 6.18 Å². The van der Waals surface area contributed by atoms with E-state index in [-0.39, 0.29) is 11.5 Å². The lowest BCUT2D eigenvalue weighted by Gasteiger charge is -2.31. The van der Waals surface area contributed by atoms with E-state index in [1.165, 1.54) is 18.6 Å². The van der Waals surface area contributed by atoms with Crippen LogP contribution in [0.2, 0.25) is 0 Å². The fourth-order valence-corrected chi connectivity index (χ4v) is 4.44. The first-order chi connectivity index (χ1) is 13.8. The minimum atomic E-state index is -4.53. The zero-order valence-corrected chi connectivity index (χ0v) is 16.7. The highest BCUT2D eigenvalue weighted by Gasteiger charge is 2.35. The Morgan fingerprint density at radius 3 is 2.48 bits per heavy atom. The molecule has 1 atom stereocenters. The van der Waals surface area contributed by atoms with Crippen LogP contribution >= 0.6 is 0 Å². The number of allylic oxidation sites excluding steroid dienone is 1. The van der Waals surface area contributed by atoms with Gasteiger partial charge in [-0.25, -0.2) is 0 Å². The molecule has 0 saturated heterocycles. The molecule has 0 amide bonds. The number of nitrogens with zero attached hydrogens (tertiary/aromatic N) is 1. The number of alkyl halides is 3. The molecule has 152 valence electrons. The summed E-state index contributed by atoms with van der Waals surface area (Å²) >= 11 is 0. The highest BCUT2D eigenvalue weighted by Crippen LogP contribution is 2.41. The number of hydrogen-bond acceptors (Lipinski definition) is 1. The number of rotatable bonds is 5. The molecule has 1 aliphatic rings. The van der Waals surface area contributed by atoms with Gasteiger partial charge in [0.05, 0.1) is 17.2 Å². The lowest BCUT2D eigenvalue weighted by atomic mass is 9.73. The van der Waals surface area contributed by atoms with Crippen LogP contribution in [0, 0.1) is 17.2 Å². The zero-order chi connectivity index (χ0) is 21.0. The Bertz CT molecular complexity index is 914. The first-order valence-electron chi connectivity index (χ1n) is 10.2. The largest absolute Gasteiger partial charge is 0.417 e. The maximum atomic E-state index is 13.5. The molecule has 0 spiro atoms. The summed E-state index contributed by atoms with van der Waals surface area (Å²) in [7, 11) is 0. The second-order valence-corrected chi connectivity index (χ2v) is 8.10. The van der Waals surface area contributed by atoms with E-state index in [9.17, 15) is 13.2 Å². The molecule has 0 aliphatic heterocycles. The molecule has 1 unspecified atom stereocenters. The van der Waals surface area contributed by atoms with Crippen LogP contribution < -0.4 is 0 Å². The second-order valence-electron chi connectivity index (χ2n) is 8.10. The van der Waals surface area contributed by atoms with Crippen LogP contribution in [0.25, 0.3) is 5.57 Å². The van der Waals surface area contributed by atoms with E-state index in [2.05, 4.69) is 12.6 Å². The van der Waals surface area contributed by atoms with Gasteiger partial charge in [-0.1, -0.05) is 61.7 Å². The second kappa shape index (κ2) is 8.86. The molecule has 2 aromatic carbocycles. The molecule has 4 heteroatoms. The van der Waals surface area contributed by atoms with Crippen LogP contribution in [-0.4, -0.2) is 0 Å². The van der Waals surface area contributed by atoms with Crippen molar-refractivity contribution in [3.63, 3.8) is 0 Å². The number of benzene rings is 2. The molecule has 0 radical (unpaired) electrons. The van der Waals surface area contributed by atoms with E-state index in [0.717, 1.165) is 42.4 Å². The summed E-state index contributed by atoms with van der Waals surface area (Å²) in [5.41, 5.74) is 2.68. The van der Waals surface area contributed by atoms with Gasteiger partial charge in [0.25, 0.3) is 0 Å². The van der Waals surface area contributed by atoms with Crippen molar-refractivity contribution < 1.29 is 13.2 Å². The Labute approximate surface area is 170 Å². The van der Waals surface area contributed by atoms with Gasteiger partial charge in [-0.15, -0.1) is 0 Å². The minimum Gasteiger partial charge on any atom is -0.192 e. The van der Waals surface area contributed by atoms with Gasteiger partial charge < -0.3 is 0 Å². The molecule has 1 saturated carbocycles. The molecular formula is C25H26F3N. The van der Waals surface area contributed by atoms with Crippen LogP contribution in [0.3, 0.4) is 0 Å². The third kappa shape index (κ3) is 5.09. The van der Waals surface area contributed by atoms with Gasteiger partial charge in [-0.2, -0.15) is 18.4 Å². The summed E-state index contributed by atoms with van der Waals surface area (Å²) in [6, 6.07) is 14.1. The van der Waals surface area contributed by atoms with Gasteiger partial charge in [-0.05, 0) is 66.8 Å². The van der Waals surface area contributed by atoms with Crippen molar-refractivity contribution in [2.24, 2.45) is 5.92 Å².